The second-order valence-electron chi connectivity index (χ2n) is 4.90. The molecule has 0 bridgehead atoms. The topological polar surface area (TPSA) is 42.0 Å². The summed E-state index contributed by atoms with van der Waals surface area (Å²) >= 11 is 12.2. The summed E-state index contributed by atoms with van der Waals surface area (Å²) in [5.74, 6) is -0.373. The fourth-order valence-corrected chi connectivity index (χ4v) is 2.86. The maximum Gasteiger partial charge on any atom is 0.258 e. The van der Waals surface area contributed by atoms with E-state index in [1.165, 1.54) is 0 Å². The molecule has 0 unspecified atom stereocenters. The van der Waals surface area contributed by atoms with Crippen molar-refractivity contribution in [1.82, 2.24) is 4.98 Å². The Morgan fingerprint density at radius 1 is 1.13 bits per heavy atom. The molecule has 0 aliphatic carbocycles. The number of para-hydroxylation sites is 1. The predicted octanol–water partition coefficient (Wildman–Crippen LogP) is 5.44. The van der Waals surface area contributed by atoms with Gasteiger partial charge >= 0.3 is 0 Å². The summed E-state index contributed by atoms with van der Waals surface area (Å²) in [7, 11) is 0. The SMILES string of the molecule is C=Cc1cnc2c(NC(=O)c3c(Cl)cccc3Cl)cccc2c1. The van der Waals surface area contributed by atoms with Crippen molar-refractivity contribution in [3.63, 3.8) is 0 Å². The summed E-state index contributed by atoms with van der Waals surface area (Å²) in [6.45, 7) is 3.73. The van der Waals surface area contributed by atoms with Crippen LogP contribution >= 0.6 is 23.2 Å². The van der Waals surface area contributed by atoms with E-state index in [4.69, 9.17) is 23.2 Å². The molecule has 1 heterocycles. The third-order valence-electron chi connectivity index (χ3n) is 3.41. The highest BCUT2D eigenvalue weighted by Crippen LogP contribution is 2.27. The van der Waals surface area contributed by atoms with Crippen LogP contribution < -0.4 is 5.32 Å². The van der Waals surface area contributed by atoms with Gasteiger partial charge in [0.25, 0.3) is 5.91 Å². The van der Waals surface area contributed by atoms with E-state index in [1.807, 2.05) is 18.2 Å². The summed E-state index contributed by atoms with van der Waals surface area (Å²) in [4.78, 5) is 16.9. The molecular formula is C18H12Cl2N2O. The van der Waals surface area contributed by atoms with Crippen molar-refractivity contribution in [2.45, 2.75) is 0 Å². The van der Waals surface area contributed by atoms with Crippen LogP contribution in [0.3, 0.4) is 0 Å². The van der Waals surface area contributed by atoms with Crippen LogP contribution in [-0.4, -0.2) is 10.9 Å². The number of hydrogen-bond acceptors (Lipinski definition) is 2. The zero-order valence-corrected chi connectivity index (χ0v) is 13.5. The lowest BCUT2D eigenvalue weighted by molar-refractivity contribution is 0.102. The van der Waals surface area contributed by atoms with Gasteiger partial charge in [-0.15, -0.1) is 0 Å². The first-order valence-corrected chi connectivity index (χ1v) is 7.62. The number of rotatable bonds is 3. The first-order chi connectivity index (χ1) is 11.1. The molecule has 0 fully saturated rings. The first kappa shape index (κ1) is 15.5. The van der Waals surface area contributed by atoms with Gasteiger partial charge in [-0.3, -0.25) is 9.78 Å². The van der Waals surface area contributed by atoms with Gasteiger partial charge in [-0.25, -0.2) is 0 Å². The maximum absolute atomic E-state index is 12.5. The van der Waals surface area contributed by atoms with Crippen LogP contribution in [0.5, 0.6) is 0 Å². The third kappa shape index (κ3) is 3.07. The monoisotopic (exact) mass is 342 g/mol. The Hall–Kier alpha value is -2.36. The molecule has 3 aromatic rings. The molecule has 0 saturated carbocycles. The van der Waals surface area contributed by atoms with E-state index in [0.29, 0.717) is 21.2 Å². The Balaban J connectivity index is 2.01. The van der Waals surface area contributed by atoms with Crippen molar-refractivity contribution in [2.75, 3.05) is 5.32 Å². The Bertz CT molecular complexity index is 902. The largest absolute Gasteiger partial charge is 0.320 e. The van der Waals surface area contributed by atoms with E-state index in [9.17, 15) is 4.79 Å². The van der Waals surface area contributed by atoms with Crippen molar-refractivity contribution in [3.8, 4) is 0 Å². The lowest BCUT2D eigenvalue weighted by Gasteiger charge is -2.10. The molecule has 0 spiro atoms. The number of nitrogens with one attached hydrogen (secondary N) is 1. The van der Waals surface area contributed by atoms with E-state index < -0.39 is 0 Å². The number of anilines is 1. The highest BCUT2D eigenvalue weighted by atomic mass is 35.5. The van der Waals surface area contributed by atoms with E-state index >= 15 is 0 Å². The van der Waals surface area contributed by atoms with Crippen LogP contribution in [0, 0.1) is 0 Å². The normalized spacial score (nSPS) is 10.5. The zero-order chi connectivity index (χ0) is 16.4. The molecule has 1 N–H and O–H groups in total. The number of fused-ring (bicyclic) bond motifs is 1. The molecular weight excluding hydrogens is 331 g/mol. The standard InChI is InChI=1S/C18H12Cl2N2O/c1-2-11-9-12-5-3-8-15(17(12)21-10-11)22-18(23)16-13(19)6-4-7-14(16)20/h2-10H,1H2,(H,22,23). The highest BCUT2D eigenvalue weighted by Gasteiger charge is 2.15. The Kier molecular flexibility index (Phi) is 4.33. The van der Waals surface area contributed by atoms with Crippen molar-refractivity contribution < 1.29 is 4.79 Å². The molecule has 1 aromatic heterocycles. The Morgan fingerprint density at radius 3 is 2.52 bits per heavy atom. The molecule has 23 heavy (non-hydrogen) atoms. The number of aromatic nitrogens is 1. The van der Waals surface area contributed by atoms with Gasteiger partial charge in [0.05, 0.1) is 26.8 Å². The fourth-order valence-electron chi connectivity index (χ4n) is 2.29. The summed E-state index contributed by atoms with van der Waals surface area (Å²) in [6, 6.07) is 12.4. The second kappa shape index (κ2) is 6.41. The van der Waals surface area contributed by atoms with Crippen molar-refractivity contribution in [3.05, 3.63) is 76.4 Å². The minimum Gasteiger partial charge on any atom is -0.320 e. The number of carbonyl (C=O) groups excluding carboxylic acids is 1. The maximum atomic E-state index is 12.5. The van der Waals surface area contributed by atoms with Gasteiger partial charge in [0.2, 0.25) is 0 Å². The first-order valence-electron chi connectivity index (χ1n) is 6.86. The molecule has 1 amide bonds. The number of nitrogens with zero attached hydrogens (tertiary/aromatic N) is 1. The van der Waals surface area contributed by atoms with Crippen LogP contribution in [0.1, 0.15) is 15.9 Å². The van der Waals surface area contributed by atoms with Crippen molar-refractivity contribution >= 4 is 51.8 Å². The number of carbonyl (C=O) groups is 1. The molecule has 5 heteroatoms. The van der Waals surface area contributed by atoms with Crippen molar-refractivity contribution in [1.29, 1.82) is 0 Å². The second-order valence-corrected chi connectivity index (χ2v) is 5.72. The number of benzene rings is 2. The number of halogens is 2. The molecule has 0 atom stereocenters. The molecule has 0 radical (unpaired) electrons. The quantitative estimate of drug-likeness (QED) is 0.688. The number of amides is 1. The van der Waals surface area contributed by atoms with Gasteiger partial charge in [-0.05, 0) is 29.8 Å². The molecule has 114 valence electrons. The Labute approximate surface area is 143 Å². The van der Waals surface area contributed by atoms with E-state index in [-0.39, 0.29) is 11.5 Å². The van der Waals surface area contributed by atoms with E-state index in [2.05, 4.69) is 16.9 Å². The summed E-state index contributed by atoms with van der Waals surface area (Å²) in [5.41, 5.74) is 2.44. The molecule has 0 aliphatic rings. The number of hydrogen-bond donors (Lipinski definition) is 1. The molecule has 0 saturated heterocycles. The average molecular weight is 343 g/mol. The zero-order valence-electron chi connectivity index (χ0n) is 12.0. The summed E-state index contributed by atoms with van der Waals surface area (Å²) < 4.78 is 0. The van der Waals surface area contributed by atoms with Gasteiger partial charge in [0, 0.05) is 11.6 Å². The molecule has 3 rings (SSSR count). The van der Waals surface area contributed by atoms with Crippen LogP contribution in [-0.2, 0) is 0 Å². The highest BCUT2D eigenvalue weighted by molar-refractivity contribution is 6.40. The van der Waals surface area contributed by atoms with E-state index in [0.717, 1.165) is 10.9 Å². The molecule has 3 nitrogen and oxygen atoms in total. The summed E-state index contributed by atoms with van der Waals surface area (Å²) in [5, 5.41) is 4.34. The van der Waals surface area contributed by atoms with Crippen molar-refractivity contribution in [2.24, 2.45) is 0 Å². The van der Waals surface area contributed by atoms with Gasteiger partial charge in [0.15, 0.2) is 0 Å². The minimum atomic E-state index is -0.373. The smallest absolute Gasteiger partial charge is 0.258 e. The third-order valence-corrected chi connectivity index (χ3v) is 4.04. The van der Waals surface area contributed by atoms with E-state index in [1.54, 1.807) is 36.5 Å². The van der Waals surface area contributed by atoms with Gasteiger partial charge in [-0.1, -0.05) is 54.1 Å². The molecule has 0 aliphatic heterocycles. The summed E-state index contributed by atoms with van der Waals surface area (Å²) in [6.07, 6.45) is 3.43. The minimum absolute atomic E-state index is 0.246. The average Bonchev–Trinajstić information content (AvgIpc) is 2.54. The Morgan fingerprint density at radius 2 is 1.83 bits per heavy atom. The van der Waals surface area contributed by atoms with Crippen LogP contribution in [0.15, 0.2) is 55.2 Å². The predicted molar refractivity (Wildman–Crippen MR) is 96.2 cm³/mol. The van der Waals surface area contributed by atoms with Crippen LogP contribution in [0.25, 0.3) is 17.0 Å². The number of pyridine rings is 1. The van der Waals surface area contributed by atoms with Crippen LogP contribution in [0.2, 0.25) is 10.0 Å². The van der Waals surface area contributed by atoms with Gasteiger partial charge in [0.1, 0.15) is 0 Å². The van der Waals surface area contributed by atoms with Gasteiger partial charge in [-0.2, -0.15) is 0 Å². The van der Waals surface area contributed by atoms with Crippen LogP contribution in [0.4, 0.5) is 5.69 Å². The lowest BCUT2D eigenvalue weighted by atomic mass is 10.1. The molecule has 2 aromatic carbocycles. The van der Waals surface area contributed by atoms with Gasteiger partial charge < -0.3 is 5.32 Å². The lowest BCUT2D eigenvalue weighted by Crippen LogP contribution is -2.13. The fraction of sp³-hybridized carbons (Fsp3) is 0.